The highest BCUT2D eigenvalue weighted by molar-refractivity contribution is 6.32. The number of aliphatic carboxylic acids is 1. The lowest BCUT2D eigenvalue weighted by Crippen LogP contribution is -2.42. The Hall–Kier alpha value is -1.22. The predicted molar refractivity (Wildman–Crippen MR) is 61.0 cm³/mol. The largest absolute Gasteiger partial charge is 0.506 e. The fraction of sp³-hybridized carbons (Fsp3) is 0.417. The number of carboxylic acids is 1. The van der Waals surface area contributed by atoms with Gasteiger partial charge in [0.1, 0.15) is 5.75 Å². The van der Waals surface area contributed by atoms with Crippen LogP contribution in [0.5, 0.6) is 5.75 Å². The van der Waals surface area contributed by atoms with Crippen LogP contribution in [-0.4, -0.2) is 16.2 Å². The van der Waals surface area contributed by atoms with Crippen LogP contribution < -0.4 is 0 Å². The molecule has 1 aliphatic carbocycles. The van der Waals surface area contributed by atoms with Gasteiger partial charge in [-0.15, -0.1) is 0 Å². The molecule has 0 atom stereocenters. The SMILES string of the molecule is Cc1cc(C2(C(=O)O)CCC2)cc(O)c1Cl. The first kappa shape index (κ1) is 11.3. The number of carbonyl (C=O) groups is 1. The van der Waals surface area contributed by atoms with Crippen molar-refractivity contribution in [3.63, 3.8) is 0 Å². The lowest BCUT2D eigenvalue weighted by molar-refractivity contribution is -0.147. The summed E-state index contributed by atoms with van der Waals surface area (Å²) in [4.78, 5) is 11.3. The van der Waals surface area contributed by atoms with E-state index in [1.54, 1.807) is 13.0 Å². The van der Waals surface area contributed by atoms with Crippen LogP contribution in [0.2, 0.25) is 5.02 Å². The van der Waals surface area contributed by atoms with E-state index < -0.39 is 11.4 Å². The van der Waals surface area contributed by atoms with Crippen molar-refractivity contribution >= 4 is 17.6 Å². The molecule has 3 nitrogen and oxygen atoms in total. The van der Waals surface area contributed by atoms with E-state index in [-0.39, 0.29) is 5.75 Å². The zero-order valence-corrected chi connectivity index (χ0v) is 9.71. The first-order chi connectivity index (χ1) is 7.47. The lowest BCUT2D eigenvalue weighted by atomic mass is 9.64. The summed E-state index contributed by atoms with van der Waals surface area (Å²) in [6, 6.07) is 3.23. The fourth-order valence-electron chi connectivity index (χ4n) is 2.18. The molecule has 86 valence electrons. The monoisotopic (exact) mass is 240 g/mol. The number of benzene rings is 1. The molecule has 1 saturated carbocycles. The van der Waals surface area contributed by atoms with E-state index in [0.717, 1.165) is 6.42 Å². The quantitative estimate of drug-likeness (QED) is 0.836. The van der Waals surface area contributed by atoms with Crippen LogP contribution in [-0.2, 0) is 10.2 Å². The molecule has 0 aliphatic heterocycles. The summed E-state index contributed by atoms with van der Waals surface area (Å²) in [6.07, 6.45) is 2.17. The number of hydrogen-bond acceptors (Lipinski definition) is 2. The molecule has 0 bridgehead atoms. The first-order valence-electron chi connectivity index (χ1n) is 5.20. The summed E-state index contributed by atoms with van der Waals surface area (Å²) in [6.45, 7) is 1.76. The van der Waals surface area contributed by atoms with Gasteiger partial charge in [-0.3, -0.25) is 4.79 Å². The topological polar surface area (TPSA) is 57.5 Å². The Morgan fingerprint density at radius 1 is 1.44 bits per heavy atom. The highest BCUT2D eigenvalue weighted by atomic mass is 35.5. The minimum Gasteiger partial charge on any atom is -0.506 e. The molecule has 1 aromatic carbocycles. The van der Waals surface area contributed by atoms with Gasteiger partial charge in [0.25, 0.3) is 0 Å². The Labute approximate surface area is 98.7 Å². The average molecular weight is 241 g/mol. The lowest BCUT2D eigenvalue weighted by Gasteiger charge is -2.38. The van der Waals surface area contributed by atoms with Gasteiger partial charge >= 0.3 is 5.97 Å². The van der Waals surface area contributed by atoms with Crippen LogP contribution in [0.15, 0.2) is 12.1 Å². The molecule has 0 saturated heterocycles. The van der Waals surface area contributed by atoms with E-state index in [9.17, 15) is 15.0 Å². The van der Waals surface area contributed by atoms with Crippen molar-refractivity contribution in [2.45, 2.75) is 31.6 Å². The molecule has 2 rings (SSSR count). The minimum absolute atomic E-state index is 0.0378. The van der Waals surface area contributed by atoms with Crippen molar-refractivity contribution in [3.8, 4) is 5.75 Å². The summed E-state index contributed by atoms with van der Waals surface area (Å²) < 4.78 is 0. The maximum Gasteiger partial charge on any atom is 0.314 e. The Morgan fingerprint density at radius 2 is 2.06 bits per heavy atom. The van der Waals surface area contributed by atoms with Gasteiger partial charge in [-0.2, -0.15) is 0 Å². The molecule has 1 aromatic rings. The maximum absolute atomic E-state index is 11.3. The van der Waals surface area contributed by atoms with Gasteiger partial charge in [0.15, 0.2) is 0 Å². The fourth-order valence-corrected chi connectivity index (χ4v) is 2.29. The maximum atomic E-state index is 11.3. The van der Waals surface area contributed by atoms with Gasteiger partial charge in [-0.1, -0.05) is 24.1 Å². The molecule has 0 heterocycles. The minimum atomic E-state index is -0.820. The highest BCUT2D eigenvalue weighted by Gasteiger charge is 2.46. The van der Waals surface area contributed by atoms with Crippen molar-refractivity contribution in [1.29, 1.82) is 0 Å². The second-order valence-electron chi connectivity index (χ2n) is 4.37. The van der Waals surface area contributed by atoms with E-state index in [0.29, 0.717) is 29.0 Å². The van der Waals surface area contributed by atoms with Crippen LogP contribution >= 0.6 is 11.6 Å². The summed E-state index contributed by atoms with van der Waals surface area (Å²) in [5.74, 6) is -0.857. The molecule has 0 spiro atoms. The van der Waals surface area contributed by atoms with Crippen LogP contribution in [0.25, 0.3) is 0 Å². The Balaban J connectivity index is 2.52. The Kier molecular flexibility index (Phi) is 2.58. The van der Waals surface area contributed by atoms with E-state index >= 15 is 0 Å². The van der Waals surface area contributed by atoms with Crippen molar-refractivity contribution in [3.05, 3.63) is 28.3 Å². The zero-order chi connectivity index (χ0) is 11.9. The normalized spacial score (nSPS) is 17.9. The molecule has 1 fully saturated rings. The van der Waals surface area contributed by atoms with Crippen molar-refractivity contribution in [2.24, 2.45) is 0 Å². The number of halogens is 1. The number of phenolic OH excluding ortho intramolecular Hbond substituents is 1. The third-order valence-electron chi connectivity index (χ3n) is 3.40. The third-order valence-corrected chi connectivity index (χ3v) is 3.90. The molecule has 1 aliphatic rings. The van der Waals surface area contributed by atoms with Crippen molar-refractivity contribution < 1.29 is 15.0 Å². The number of rotatable bonds is 2. The Bertz CT molecular complexity index is 427. The van der Waals surface area contributed by atoms with Gasteiger partial charge in [-0.25, -0.2) is 0 Å². The van der Waals surface area contributed by atoms with Gasteiger partial charge < -0.3 is 10.2 Å². The summed E-state index contributed by atoms with van der Waals surface area (Å²) in [7, 11) is 0. The van der Waals surface area contributed by atoms with E-state index in [1.165, 1.54) is 6.07 Å². The molecule has 4 heteroatoms. The first-order valence-corrected chi connectivity index (χ1v) is 5.58. The van der Waals surface area contributed by atoms with Crippen molar-refractivity contribution in [2.75, 3.05) is 0 Å². The molecule has 0 aromatic heterocycles. The zero-order valence-electron chi connectivity index (χ0n) is 8.96. The van der Waals surface area contributed by atoms with Gasteiger partial charge in [-0.05, 0) is 37.0 Å². The molecule has 0 unspecified atom stereocenters. The summed E-state index contributed by atoms with van der Waals surface area (Å²) in [5.41, 5.74) is 0.558. The molecular weight excluding hydrogens is 228 g/mol. The number of aromatic hydroxyl groups is 1. The Morgan fingerprint density at radius 3 is 2.44 bits per heavy atom. The van der Waals surface area contributed by atoms with E-state index in [1.807, 2.05) is 0 Å². The second-order valence-corrected chi connectivity index (χ2v) is 4.75. The number of hydrogen-bond donors (Lipinski definition) is 2. The third kappa shape index (κ3) is 1.47. The smallest absolute Gasteiger partial charge is 0.314 e. The van der Waals surface area contributed by atoms with Gasteiger partial charge in [0.05, 0.1) is 10.4 Å². The molecule has 2 N–H and O–H groups in total. The van der Waals surface area contributed by atoms with Crippen LogP contribution in [0.4, 0.5) is 0 Å². The molecule has 0 radical (unpaired) electrons. The van der Waals surface area contributed by atoms with Crippen molar-refractivity contribution in [1.82, 2.24) is 0 Å². The van der Waals surface area contributed by atoms with E-state index in [4.69, 9.17) is 11.6 Å². The van der Waals surface area contributed by atoms with Gasteiger partial charge in [0.2, 0.25) is 0 Å². The predicted octanol–water partition coefficient (Wildman–Crippen LogP) is 2.86. The van der Waals surface area contributed by atoms with Crippen LogP contribution in [0, 0.1) is 6.92 Å². The number of phenols is 1. The number of aryl methyl sites for hydroxylation is 1. The number of carboxylic acid groups (broad SMARTS) is 1. The molecule has 16 heavy (non-hydrogen) atoms. The average Bonchev–Trinajstić information content (AvgIpc) is 2.11. The van der Waals surface area contributed by atoms with Crippen LogP contribution in [0.3, 0.4) is 0 Å². The summed E-state index contributed by atoms with van der Waals surface area (Å²) >= 11 is 5.84. The molecule has 0 amide bonds. The van der Waals surface area contributed by atoms with E-state index in [2.05, 4.69) is 0 Å². The second kappa shape index (κ2) is 3.67. The van der Waals surface area contributed by atoms with Crippen LogP contribution in [0.1, 0.15) is 30.4 Å². The highest BCUT2D eigenvalue weighted by Crippen LogP contribution is 2.46. The molecular formula is C12H13ClO3. The standard InChI is InChI=1S/C12H13ClO3/c1-7-5-8(6-9(14)10(7)13)12(11(15)16)3-2-4-12/h5-6,14H,2-4H2,1H3,(H,15,16). The summed E-state index contributed by atoms with van der Waals surface area (Å²) in [5, 5.41) is 19.2. The van der Waals surface area contributed by atoms with Gasteiger partial charge in [0, 0.05) is 0 Å².